The number of carbonyl (C=O) groups excluding carboxylic acids is 1. The van der Waals surface area contributed by atoms with Crippen molar-refractivity contribution >= 4 is 18.6 Å². The summed E-state index contributed by atoms with van der Waals surface area (Å²) in [6.07, 6.45) is 1.48. The summed E-state index contributed by atoms with van der Waals surface area (Å²) < 4.78 is 11.7. The smallest absolute Gasteiger partial charge is 0.398 e. The second-order valence-corrected chi connectivity index (χ2v) is 5.80. The molecule has 7 heteroatoms. The molecule has 0 unspecified atom stereocenters. The van der Waals surface area contributed by atoms with Gasteiger partial charge in [-0.2, -0.15) is 0 Å². The molecule has 1 amide bonds. The molecule has 0 spiro atoms. The zero-order valence-corrected chi connectivity index (χ0v) is 12.4. The first kappa shape index (κ1) is 14.8. The lowest BCUT2D eigenvalue weighted by atomic mass is 9.80. The Bertz CT molecular complexity index is 578. The Kier molecular flexibility index (Phi) is 3.52. The van der Waals surface area contributed by atoms with Gasteiger partial charge in [0, 0.05) is 19.3 Å². The van der Waals surface area contributed by atoms with E-state index in [-0.39, 0.29) is 11.0 Å². The van der Waals surface area contributed by atoms with Crippen molar-refractivity contribution in [3.63, 3.8) is 0 Å². The summed E-state index contributed by atoms with van der Waals surface area (Å²) in [5.41, 5.74) is -1.08. The maximum absolute atomic E-state index is 11.9. The number of pyridine rings is 1. The van der Waals surface area contributed by atoms with Crippen molar-refractivity contribution in [2.24, 2.45) is 0 Å². The van der Waals surface area contributed by atoms with E-state index in [4.69, 9.17) is 9.31 Å². The second kappa shape index (κ2) is 4.75. The van der Waals surface area contributed by atoms with Crippen LogP contribution in [0.1, 0.15) is 38.1 Å². The largest absolute Gasteiger partial charge is 0.513 e. The van der Waals surface area contributed by atoms with Gasteiger partial charge in [-0.1, -0.05) is 0 Å². The molecule has 1 aromatic heterocycles. The summed E-state index contributed by atoms with van der Waals surface area (Å²) in [6.45, 7) is 7.64. The Morgan fingerprint density at radius 3 is 2.30 bits per heavy atom. The van der Waals surface area contributed by atoms with E-state index < -0.39 is 24.2 Å². The zero-order valence-electron chi connectivity index (χ0n) is 12.4. The van der Waals surface area contributed by atoms with Gasteiger partial charge in [0.15, 0.2) is 5.43 Å². The number of hydrogen-bond donors (Lipinski definition) is 2. The highest BCUT2D eigenvalue weighted by Gasteiger charge is 2.53. The summed E-state index contributed by atoms with van der Waals surface area (Å²) in [5, 5.41) is 2.46. The van der Waals surface area contributed by atoms with Crippen LogP contribution in [0.15, 0.2) is 17.1 Å². The summed E-state index contributed by atoms with van der Waals surface area (Å²) >= 11 is 0. The van der Waals surface area contributed by atoms with Crippen LogP contribution >= 0.6 is 0 Å². The van der Waals surface area contributed by atoms with Gasteiger partial charge in [0.05, 0.1) is 16.8 Å². The highest BCUT2D eigenvalue weighted by Crippen LogP contribution is 2.36. The number of hydrogen-bond acceptors (Lipinski definition) is 4. The van der Waals surface area contributed by atoms with E-state index in [1.807, 2.05) is 27.7 Å². The average Bonchev–Trinajstić information content (AvgIpc) is 2.57. The number of H-pyrrole nitrogens is 1. The highest BCUT2D eigenvalue weighted by atomic mass is 16.7. The molecule has 1 saturated heterocycles. The lowest BCUT2D eigenvalue weighted by molar-refractivity contribution is 0.00578. The fourth-order valence-corrected chi connectivity index (χ4v) is 2.00. The summed E-state index contributed by atoms with van der Waals surface area (Å²) in [6, 6.07) is 1.30. The minimum Gasteiger partial charge on any atom is -0.398 e. The van der Waals surface area contributed by atoms with Crippen LogP contribution in [0.25, 0.3) is 0 Å². The van der Waals surface area contributed by atoms with Gasteiger partial charge in [0.25, 0.3) is 5.91 Å². The first-order valence-electron chi connectivity index (χ1n) is 6.49. The Morgan fingerprint density at radius 2 is 1.80 bits per heavy atom. The molecular formula is C13H19BN2O4. The van der Waals surface area contributed by atoms with E-state index in [2.05, 4.69) is 10.3 Å². The normalized spacial score (nSPS) is 19.9. The van der Waals surface area contributed by atoms with Crippen molar-refractivity contribution in [2.45, 2.75) is 38.9 Å². The number of rotatable bonds is 2. The van der Waals surface area contributed by atoms with Crippen molar-refractivity contribution in [3.8, 4) is 0 Å². The van der Waals surface area contributed by atoms with E-state index in [9.17, 15) is 9.59 Å². The predicted molar refractivity (Wildman–Crippen MR) is 76.2 cm³/mol. The number of aromatic amines is 1. The van der Waals surface area contributed by atoms with Crippen LogP contribution in [-0.4, -0.2) is 36.3 Å². The van der Waals surface area contributed by atoms with Gasteiger partial charge in [-0.3, -0.25) is 9.59 Å². The maximum atomic E-state index is 11.9. The lowest BCUT2D eigenvalue weighted by Crippen LogP contribution is -2.45. The number of amides is 1. The predicted octanol–water partition coefficient (Wildman–Crippen LogP) is 0.0337. The molecule has 0 bridgehead atoms. The van der Waals surface area contributed by atoms with Crippen LogP contribution in [0.3, 0.4) is 0 Å². The van der Waals surface area contributed by atoms with Crippen LogP contribution in [-0.2, 0) is 9.31 Å². The third-order valence-electron chi connectivity index (χ3n) is 3.93. The standard InChI is InChI=1S/C13H19BN2O4/c1-12(2)13(3,4)20-14(19-12)10-9(11(18)15-5)8(17)6-7-16-10/h6-7H,1-5H3,(H,15,18)(H,16,17). The molecule has 1 aromatic rings. The van der Waals surface area contributed by atoms with E-state index in [1.165, 1.54) is 19.3 Å². The van der Waals surface area contributed by atoms with Crippen molar-refractivity contribution in [2.75, 3.05) is 7.05 Å². The van der Waals surface area contributed by atoms with Crippen molar-refractivity contribution in [3.05, 3.63) is 28.0 Å². The van der Waals surface area contributed by atoms with E-state index in [0.717, 1.165) is 0 Å². The van der Waals surface area contributed by atoms with Gasteiger partial charge in [-0.25, -0.2) is 0 Å². The fraction of sp³-hybridized carbons (Fsp3) is 0.538. The van der Waals surface area contributed by atoms with Gasteiger partial charge in [-0.15, -0.1) is 0 Å². The minimum absolute atomic E-state index is 0.0218. The van der Waals surface area contributed by atoms with Gasteiger partial charge >= 0.3 is 7.12 Å². The fourth-order valence-electron chi connectivity index (χ4n) is 2.00. The Labute approximate surface area is 118 Å². The van der Waals surface area contributed by atoms with E-state index in [0.29, 0.717) is 5.59 Å². The van der Waals surface area contributed by atoms with Gasteiger partial charge in [-0.05, 0) is 27.7 Å². The molecule has 0 radical (unpaired) electrons. The van der Waals surface area contributed by atoms with E-state index in [1.54, 1.807) is 0 Å². The molecule has 0 saturated carbocycles. The minimum atomic E-state index is -0.777. The molecule has 2 heterocycles. The van der Waals surface area contributed by atoms with Crippen LogP contribution in [0, 0.1) is 0 Å². The van der Waals surface area contributed by atoms with Gasteiger partial charge in [0.2, 0.25) is 0 Å². The molecule has 1 fully saturated rings. The summed E-state index contributed by atoms with van der Waals surface area (Å²) in [5.74, 6) is -0.462. The molecule has 0 aliphatic carbocycles. The van der Waals surface area contributed by atoms with Crippen LogP contribution in [0.5, 0.6) is 0 Å². The van der Waals surface area contributed by atoms with Crippen molar-refractivity contribution in [1.29, 1.82) is 0 Å². The summed E-state index contributed by atoms with van der Waals surface area (Å²) in [7, 11) is 0.698. The quantitative estimate of drug-likeness (QED) is 0.748. The number of nitrogens with one attached hydrogen (secondary N) is 2. The molecule has 108 valence electrons. The molecule has 1 aliphatic heterocycles. The van der Waals surface area contributed by atoms with Crippen molar-refractivity contribution < 1.29 is 14.1 Å². The molecule has 0 atom stereocenters. The molecule has 20 heavy (non-hydrogen) atoms. The molecule has 2 rings (SSSR count). The van der Waals surface area contributed by atoms with Crippen molar-refractivity contribution in [1.82, 2.24) is 10.3 Å². The van der Waals surface area contributed by atoms with Gasteiger partial charge in [0.1, 0.15) is 5.56 Å². The Balaban J connectivity index is 2.48. The molecule has 1 aliphatic rings. The second-order valence-electron chi connectivity index (χ2n) is 5.80. The Hall–Kier alpha value is -1.60. The number of aromatic nitrogens is 1. The highest BCUT2D eigenvalue weighted by molar-refractivity contribution is 6.62. The zero-order chi connectivity index (χ0) is 15.1. The topological polar surface area (TPSA) is 80.4 Å². The molecular weight excluding hydrogens is 259 g/mol. The first-order chi connectivity index (χ1) is 9.19. The molecule has 0 aromatic carbocycles. The Morgan fingerprint density at radius 1 is 1.25 bits per heavy atom. The molecule has 6 nitrogen and oxygen atoms in total. The first-order valence-corrected chi connectivity index (χ1v) is 6.49. The van der Waals surface area contributed by atoms with Gasteiger partial charge < -0.3 is 19.6 Å². The van der Waals surface area contributed by atoms with Crippen LogP contribution in [0.2, 0.25) is 0 Å². The third kappa shape index (κ3) is 2.27. The van der Waals surface area contributed by atoms with Crippen LogP contribution in [0.4, 0.5) is 0 Å². The SMILES string of the molecule is CNC(=O)c1c(B2OC(C)(C)C(C)(C)O2)[nH]ccc1=O. The lowest BCUT2D eigenvalue weighted by Gasteiger charge is -2.32. The molecule has 2 N–H and O–H groups in total. The van der Waals surface area contributed by atoms with Crippen LogP contribution < -0.4 is 16.3 Å². The summed E-state index contributed by atoms with van der Waals surface area (Å²) in [4.78, 5) is 26.7. The maximum Gasteiger partial charge on any atom is 0.513 e. The monoisotopic (exact) mass is 278 g/mol. The number of carbonyl (C=O) groups is 1. The van der Waals surface area contributed by atoms with E-state index >= 15 is 0 Å². The average molecular weight is 278 g/mol. The third-order valence-corrected chi connectivity index (χ3v) is 3.93.